The maximum absolute atomic E-state index is 12.3. The highest BCUT2D eigenvalue weighted by atomic mass is 16.5. The van der Waals surface area contributed by atoms with Crippen molar-refractivity contribution in [3.8, 4) is 0 Å². The van der Waals surface area contributed by atoms with Crippen LogP contribution in [-0.4, -0.2) is 36.5 Å². The minimum Gasteiger partial charge on any atom is -0.466 e. The van der Waals surface area contributed by atoms with Gasteiger partial charge in [-0.1, -0.05) is 12.1 Å². The molecule has 0 aliphatic carbocycles. The van der Waals surface area contributed by atoms with Crippen molar-refractivity contribution < 1.29 is 14.3 Å². The molecule has 1 aromatic carbocycles. The largest absolute Gasteiger partial charge is 0.466 e. The van der Waals surface area contributed by atoms with Gasteiger partial charge in [-0.2, -0.15) is 0 Å². The van der Waals surface area contributed by atoms with Crippen LogP contribution < -0.4 is 0 Å². The van der Waals surface area contributed by atoms with Gasteiger partial charge in [0.15, 0.2) is 0 Å². The molecule has 4 nitrogen and oxygen atoms in total. The minimum absolute atomic E-state index is 0.0119. The maximum Gasteiger partial charge on any atom is 0.309 e. The number of carbonyl (C=O) groups is 2. The van der Waals surface area contributed by atoms with Crippen molar-refractivity contribution in [2.24, 2.45) is 5.92 Å². The molecule has 0 saturated carbocycles. The summed E-state index contributed by atoms with van der Waals surface area (Å²) in [4.78, 5) is 25.8. The Morgan fingerprint density at radius 2 is 2.05 bits per heavy atom. The lowest BCUT2D eigenvalue weighted by molar-refractivity contribution is -0.149. The van der Waals surface area contributed by atoms with Crippen LogP contribution in [0.3, 0.4) is 0 Å². The average Bonchev–Trinajstić information content (AvgIpc) is 2.47. The number of rotatable bonds is 3. The second-order valence-electron chi connectivity index (χ2n) is 5.02. The molecule has 0 spiro atoms. The molecule has 0 aromatic heterocycles. The Kier molecular flexibility index (Phi) is 4.77. The van der Waals surface area contributed by atoms with Gasteiger partial charge in [-0.3, -0.25) is 9.59 Å². The van der Waals surface area contributed by atoms with E-state index in [1.165, 1.54) is 0 Å². The Morgan fingerprint density at radius 3 is 2.65 bits per heavy atom. The molecule has 1 heterocycles. The first-order valence-corrected chi connectivity index (χ1v) is 6.99. The number of piperidine rings is 1. The molecule has 0 atom stereocenters. The number of ether oxygens (including phenoxy) is 1. The molecule has 0 bridgehead atoms. The summed E-state index contributed by atoms with van der Waals surface area (Å²) in [5, 5.41) is 0. The second-order valence-corrected chi connectivity index (χ2v) is 5.02. The van der Waals surface area contributed by atoms with Gasteiger partial charge in [0.25, 0.3) is 5.91 Å². The lowest BCUT2D eigenvalue weighted by Crippen LogP contribution is -2.40. The normalized spacial score (nSPS) is 16.0. The summed E-state index contributed by atoms with van der Waals surface area (Å²) in [5.41, 5.74) is 1.49. The SMILES string of the molecule is [CH2]c1cccc(C(=O)N2CCC(C(=O)OCC)CC2)c1. The molecule has 1 saturated heterocycles. The quantitative estimate of drug-likeness (QED) is 0.794. The number of nitrogens with zero attached hydrogens (tertiary/aromatic N) is 1. The molecular weight excluding hydrogens is 254 g/mol. The minimum atomic E-state index is -0.139. The number of hydrogen-bond acceptors (Lipinski definition) is 3. The van der Waals surface area contributed by atoms with Gasteiger partial charge in [0.1, 0.15) is 0 Å². The number of amides is 1. The molecule has 107 valence electrons. The molecule has 1 aliphatic rings. The van der Waals surface area contributed by atoms with Gasteiger partial charge in [-0.25, -0.2) is 0 Å². The van der Waals surface area contributed by atoms with Gasteiger partial charge in [-0.05, 0) is 44.4 Å². The Morgan fingerprint density at radius 1 is 1.35 bits per heavy atom. The Hall–Kier alpha value is -1.84. The van der Waals surface area contributed by atoms with Crippen LogP contribution in [0.15, 0.2) is 24.3 Å². The third-order valence-corrected chi connectivity index (χ3v) is 3.58. The molecule has 1 radical (unpaired) electrons. The van der Waals surface area contributed by atoms with E-state index < -0.39 is 0 Å². The monoisotopic (exact) mass is 274 g/mol. The van der Waals surface area contributed by atoms with Crippen LogP contribution in [0.1, 0.15) is 35.7 Å². The van der Waals surface area contributed by atoms with Gasteiger partial charge >= 0.3 is 5.97 Å². The third-order valence-electron chi connectivity index (χ3n) is 3.58. The van der Waals surface area contributed by atoms with E-state index >= 15 is 0 Å². The lowest BCUT2D eigenvalue weighted by atomic mass is 9.96. The summed E-state index contributed by atoms with van der Waals surface area (Å²) in [5.74, 6) is -0.199. The van der Waals surface area contributed by atoms with Gasteiger partial charge in [0.05, 0.1) is 12.5 Å². The summed E-state index contributed by atoms with van der Waals surface area (Å²) in [7, 11) is 0. The van der Waals surface area contributed by atoms with E-state index in [0.717, 1.165) is 5.56 Å². The summed E-state index contributed by atoms with van der Waals surface area (Å²) >= 11 is 0. The van der Waals surface area contributed by atoms with Crippen LogP contribution in [0.2, 0.25) is 0 Å². The van der Waals surface area contributed by atoms with Crippen LogP contribution >= 0.6 is 0 Å². The number of carbonyl (C=O) groups excluding carboxylic acids is 2. The summed E-state index contributed by atoms with van der Waals surface area (Å²) in [6.45, 7) is 7.25. The smallest absolute Gasteiger partial charge is 0.309 e. The maximum atomic E-state index is 12.3. The van der Waals surface area contributed by atoms with Crippen molar-refractivity contribution in [2.75, 3.05) is 19.7 Å². The lowest BCUT2D eigenvalue weighted by Gasteiger charge is -2.31. The molecule has 4 heteroatoms. The molecule has 2 rings (SSSR count). The molecule has 1 amide bonds. The highest BCUT2D eigenvalue weighted by molar-refractivity contribution is 5.94. The number of hydrogen-bond donors (Lipinski definition) is 0. The van der Waals surface area contributed by atoms with Gasteiger partial charge in [0, 0.05) is 18.7 Å². The van der Waals surface area contributed by atoms with E-state index in [1.807, 2.05) is 19.1 Å². The molecule has 0 unspecified atom stereocenters. The second kappa shape index (κ2) is 6.55. The first kappa shape index (κ1) is 14.6. The predicted molar refractivity (Wildman–Crippen MR) is 76.2 cm³/mol. The summed E-state index contributed by atoms with van der Waals surface area (Å²) < 4.78 is 5.03. The standard InChI is InChI=1S/C16H20NO3/c1-3-20-16(19)13-7-9-17(10-8-13)15(18)14-6-4-5-12(2)11-14/h4-6,11,13H,2-3,7-10H2,1H3. The van der Waals surface area contributed by atoms with Crippen molar-refractivity contribution in [1.82, 2.24) is 4.90 Å². The van der Waals surface area contributed by atoms with E-state index in [0.29, 0.717) is 38.1 Å². The fourth-order valence-electron chi connectivity index (χ4n) is 2.47. The topological polar surface area (TPSA) is 46.6 Å². The number of benzene rings is 1. The van der Waals surface area contributed by atoms with Crippen LogP contribution in [-0.2, 0) is 9.53 Å². The zero-order chi connectivity index (χ0) is 14.5. The molecular formula is C16H20NO3. The first-order chi connectivity index (χ1) is 9.61. The highest BCUT2D eigenvalue weighted by Gasteiger charge is 2.28. The number of esters is 1. The predicted octanol–water partition coefficient (Wildman–Crippen LogP) is 2.28. The molecule has 1 fully saturated rings. The van der Waals surface area contributed by atoms with Crippen LogP contribution in [0, 0.1) is 12.8 Å². The van der Waals surface area contributed by atoms with Gasteiger partial charge in [0.2, 0.25) is 0 Å². The van der Waals surface area contributed by atoms with Gasteiger partial charge < -0.3 is 9.64 Å². The van der Waals surface area contributed by atoms with Crippen molar-refractivity contribution in [3.63, 3.8) is 0 Å². The average molecular weight is 274 g/mol. The van der Waals surface area contributed by atoms with Crippen molar-refractivity contribution >= 4 is 11.9 Å². The molecule has 0 N–H and O–H groups in total. The fraction of sp³-hybridized carbons (Fsp3) is 0.438. The van der Waals surface area contributed by atoms with Crippen LogP contribution in [0.25, 0.3) is 0 Å². The zero-order valence-electron chi connectivity index (χ0n) is 11.8. The van der Waals surface area contributed by atoms with E-state index in [9.17, 15) is 9.59 Å². The zero-order valence-corrected chi connectivity index (χ0v) is 11.8. The van der Waals surface area contributed by atoms with E-state index in [1.54, 1.807) is 17.0 Å². The molecule has 20 heavy (non-hydrogen) atoms. The van der Waals surface area contributed by atoms with Crippen molar-refractivity contribution in [3.05, 3.63) is 42.3 Å². The third kappa shape index (κ3) is 3.38. The Labute approximate surface area is 119 Å². The number of likely N-dealkylation sites (tertiary alicyclic amines) is 1. The van der Waals surface area contributed by atoms with Crippen LogP contribution in [0.4, 0.5) is 0 Å². The fourth-order valence-corrected chi connectivity index (χ4v) is 2.47. The van der Waals surface area contributed by atoms with E-state index in [2.05, 4.69) is 6.92 Å². The van der Waals surface area contributed by atoms with Crippen molar-refractivity contribution in [2.45, 2.75) is 19.8 Å². The Balaban J connectivity index is 1.93. The first-order valence-electron chi connectivity index (χ1n) is 6.99. The van der Waals surface area contributed by atoms with Gasteiger partial charge in [-0.15, -0.1) is 0 Å². The molecule has 1 aromatic rings. The summed E-state index contributed by atoms with van der Waals surface area (Å²) in [6, 6.07) is 7.29. The highest BCUT2D eigenvalue weighted by Crippen LogP contribution is 2.20. The van der Waals surface area contributed by atoms with Crippen molar-refractivity contribution in [1.29, 1.82) is 0 Å². The molecule has 1 aliphatic heterocycles. The van der Waals surface area contributed by atoms with Crippen LogP contribution in [0.5, 0.6) is 0 Å². The summed E-state index contributed by atoms with van der Waals surface area (Å²) in [6.07, 6.45) is 1.35. The Bertz CT molecular complexity index is 490. The van der Waals surface area contributed by atoms with E-state index in [-0.39, 0.29) is 17.8 Å². The van der Waals surface area contributed by atoms with E-state index in [4.69, 9.17) is 4.74 Å².